The summed E-state index contributed by atoms with van der Waals surface area (Å²) in [6.45, 7) is 9.35. The number of nitrogens with zero attached hydrogens (tertiary/aromatic N) is 2. The highest BCUT2D eigenvalue weighted by atomic mass is 32.1. The molecule has 0 amide bonds. The number of thiocarbonyl (C=S) groups is 1. The van der Waals surface area contributed by atoms with Crippen molar-refractivity contribution in [2.24, 2.45) is 0 Å². The topological polar surface area (TPSA) is 18.5 Å². The summed E-state index contributed by atoms with van der Waals surface area (Å²) in [7, 11) is 0. The molecular weight excluding hydrogens is 314 g/mol. The van der Waals surface area contributed by atoms with Crippen LogP contribution in [0.2, 0.25) is 0 Å². The van der Waals surface area contributed by atoms with Crippen LogP contribution >= 0.6 is 12.2 Å². The Labute approximate surface area is 150 Å². The molecule has 1 fully saturated rings. The Morgan fingerprint density at radius 3 is 2.29 bits per heavy atom. The third kappa shape index (κ3) is 4.34. The summed E-state index contributed by atoms with van der Waals surface area (Å²) in [5.41, 5.74) is 5.12. The van der Waals surface area contributed by atoms with Gasteiger partial charge in [0.15, 0.2) is 5.11 Å². The van der Waals surface area contributed by atoms with Crippen LogP contribution in [0, 0.1) is 13.8 Å². The van der Waals surface area contributed by atoms with Gasteiger partial charge in [0.25, 0.3) is 0 Å². The Hall–Kier alpha value is -1.91. The largest absolute Gasteiger partial charge is 0.346 e. The second-order valence-corrected chi connectivity index (χ2v) is 6.87. The highest BCUT2D eigenvalue weighted by molar-refractivity contribution is 7.80. The molecule has 0 atom stereocenters. The Balaban J connectivity index is 1.50. The molecule has 24 heavy (non-hydrogen) atoms. The fourth-order valence-corrected chi connectivity index (χ4v) is 3.28. The normalized spacial score (nSPS) is 15.3. The molecule has 1 aliphatic rings. The fourth-order valence-electron chi connectivity index (χ4n) is 2.98. The maximum Gasteiger partial charge on any atom is 0.173 e. The number of hydrogen-bond donors (Lipinski definition) is 1. The minimum absolute atomic E-state index is 0.828. The van der Waals surface area contributed by atoms with Crippen molar-refractivity contribution in [3.8, 4) is 0 Å². The Morgan fingerprint density at radius 2 is 1.62 bits per heavy atom. The van der Waals surface area contributed by atoms with Crippen molar-refractivity contribution in [2.45, 2.75) is 20.4 Å². The fraction of sp³-hybridized carbons (Fsp3) is 0.350. The van der Waals surface area contributed by atoms with Crippen LogP contribution in [-0.2, 0) is 6.54 Å². The van der Waals surface area contributed by atoms with Crippen LogP contribution in [0.3, 0.4) is 0 Å². The van der Waals surface area contributed by atoms with Crippen molar-refractivity contribution in [2.75, 3.05) is 31.5 Å². The Morgan fingerprint density at radius 1 is 0.958 bits per heavy atom. The summed E-state index contributed by atoms with van der Waals surface area (Å²) >= 11 is 5.57. The van der Waals surface area contributed by atoms with E-state index in [1.165, 1.54) is 16.7 Å². The van der Waals surface area contributed by atoms with Crippen molar-refractivity contribution < 1.29 is 0 Å². The molecule has 0 unspecified atom stereocenters. The van der Waals surface area contributed by atoms with Crippen molar-refractivity contribution in [1.29, 1.82) is 0 Å². The monoisotopic (exact) mass is 339 g/mol. The lowest BCUT2D eigenvalue weighted by Gasteiger charge is -2.36. The molecule has 0 bridgehead atoms. The van der Waals surface area contributed by atoms with Crippen molar-refractivity contribution in [3.63, 3.8) is 0 Å². The molecule has 0 radical (unpaired) electrons. The maximum atomic E-state index is 5.57. The van der Waals surface area contributed by atoms with Gasteiger partial charge in [0.05, 0.1) is 0 Å². The van der Waals surface area contributed by atoms with Gasteiger partial charge < -0.3 is 10.2 Å². The summed E-state index contributed by atoms with van der Waals surface area (Å²) in [5, 5.41) is 4.18. The Bertz CT molecular complexity index is 688. The predicted octanol–water partition coefficient (Wildman–Crippen LogP) is 3.82. The van der Waals surface area contributed by atoms with Crippen LogP contribution < -0.4 is 5.32 Å². The van der Waals surface area contributed by atoms with E-state index in [9.17, 15) is 0 Å². The predicted molar refractivity (Wildman–Crippen MR) is 105 cm³/mol. The number of rotatable bonds is 3. The van der Waals surface area contributed by atoms with E-state index in [4.69, 9.17) is 12.2 Å². The van der Waals surface area contributed by atoms with Gasteiger partial charge >= 0.3 is 0 Å². The molecule has 0 aromatic heterocycles. The van der Waals surface area contributed by atoms with Gasteiger partial charge in [-0.1, -0.05) is 42.0 Å². The lowest BCUT2D eigenvalue weighted by Crippen LogP contribution is -2.49. The Kier molecular flexibility index (Phi) is 5.48. The van der Waals surface area contributed by atoms with Gasteiger partial charge in [0, 0.05) is 38.4 Å². The lowest BCUT2D eigenvalue weighted by atomic mass is 10.1. The van der Waals surface area contributed by atoms with Crippen LogP contribution in [0.25, 0.3) is 0 Å². The quantitative estimate of drug-likeness (QED) is 0.857. The van der Waals surface area contributed by atoms with Crippen LogP contribution in [0.15, 0.2) is 48.5 Å². The van der Waals surface area contributed by atoms with Gasteiger partial charge in [-0.25, -0.2) is 0 Å². The molecule has 1 saturated heterocycles. The number of nitrogens with one attached hydrogen (secondary N) is 1. The summed E-state index contributed by atoms with van der Waals surface area (Å²) in [5.74, 6) is 0. The van der Waals surface area contributed by atoms with Crippen molar-refractivity contribution in [3.05, 3.63) is 65.2 Å². The van der Waals surface area contributed by atoms with Crippen molar-refractivity contribution in [1.82, 2.24) is 9.80 Å². The molecule has 0 saturated carbocycles. The van der Waals surface area contributed by atoms with Crippen LogP contribution in [0.1, 0.15) is 16.7 Å². The average Bonchev–Trinajstić information content (AvgIpc) is 2.59. The first-order chi connectivity index (χ1) is 11.6. The number of hydrogen-bond acceptors (Lipinski definition) is 2. The van der Waals surface area contributed by atoms with E-state index in [1.807, 2.05) is 0 Å². The summed E-state index contributed by atoms with van der Waals surface area (Å²) < 4.78 is 0. The smallest absolute Gasteiger partial charge is 0.173 e. The molecule has 0 aliphatic carbocycles. The number of aryl methyl sites for hydroxylation is 2. The highest BCUT2D eigenvalue weighted by Gasteiger charge is 2.19. The number of benzene rings is 2. The van der Waals surface area contributed by atoms with E-state index in [0.29, 0.717) is 0 Å². The van der Waals surface area contributed by atoms with E-state index >= 15 is 0 Å². The molecule has 1 N–H and O–H groups in total. The highest BCUT2D eigenvalue weighted by Crippen LogP contribution is 2.14. The van der Waals surface area contributed by atoms with E-state index < -0.39 is 0 Å². The third-order valence-corrected chi connectivity index (χ3v) is 4.98. The van der Waals surface area contributed by atoms with E-state index in [2.05, 4.69) is 77.5 Å². The molecule has 2 aromatic rings. The summed E-state index contributed by atoms with van der Waals surface area (Å²) in [6, 6.07) is 17.0. The zero-order valence-electron chi connectivity index (χ0n) is 14.5. The van der Waals surface area contributed by atoms with Gasteiger partial charge in [-0.3, -0.25) is 4.90 Å². The first kappa shape index (κ1) is 16.9. The van der Waals surface area contributed by atoms with E-state index in [-0.39, 0.29) is 0 Å². The van der Waals surface area contributed by atoms with Gasteiger partial charge in [0.2, 0.25) is 0 Å². The summed E-state index contributed by atoms with van der Waals surface area (Å²) in [6.07, 6.45) is 0. The lowest BCUT2D eigenvalue weighted by molar-refractivity contribution is 0.176. The number of anilines is 1. The van der Waals surface area contributed by atoms with E-state index in [1.54, 1.807) is 0 Å². The number of piperazine rings is 1. The molecule has 4 heteroatoms. The van der Waals surface area contributed by atoms with Crippen molar-refractivity contribution >= 4 is 23.0 Å². The average molecular weight is 340 g/mol. The van der Waals surface area contributed by atoms with Gasteiger partial charge in [-0.2, -0.15) is 0 Å². The third-order valence-electron chi connectivity index (χ3n) is 4.62. The maximum absolute atomic E-state index is 5.57. The first-order valence-corrected chi connectivity index (χ1v) is 8.92. The van der Waals surface area contributed by atoms with Gasteiger partial charge in [0.1, 0.15) is 0 Å². The summed E-state index contributed by atoms with van der Waals surface area (Å²) in [4.78, 5) is 4.77. The SMILES string of the molecule is Cc1ccc(NC(=S)N2CCN(Cc3ccccc3C)CC2)cc1. The minimum Gasteiger partial charge on any atom is -0.346 e. The van der Waals surface area contributed by atoms with Gasteiger partial charge in [-0.15, -0.1) is 0 Å². The molecule has 1 aliphatic heterocycles. The molecule has 3 rings (SSSR count). The first-order valence-electron chi connectivity index (χ1n) is 8.51. The standard InChI is InChI=1S/C20H25N3S/c1-16-7-9-19(10-8-16)21-20(24)23-13-11-22(12-14-23)15-18-6-4-3-5-17(18)2/h3-10H,11-15H2,1-2H3,(H,21,24). The zero-order chi connectivity index (χ0) is 16.9. The van der Waals surface area contributed by atoms with Crippen LogP contribution in [0.5, 0.6) is 0 Å². The van der Waals surface area contributed by atoms with E-state index in [0.717, 1.165) is 43.5 Å². The molecule has 126 valence electrons. The molecule has 0 spiro atoms. The molecular formula is C20H25N3S. The molecule has 1 heterocycles. The second-order valence-electron chi connectivity index (χ2n) is 6.49. The van der Waals surface area contributed by atoms with Gasteiger partial charge in [-0.05, 0) is 49.3 Å². The van der Waals surface area contributed by atoms with Crippen LogP contribution in [-0.4, -0.2) is 41.1 Å². The zero-order valence-corrected chi connectivity index (χ0v) is 15.3. The molecule has 2 aromatic carbocycles. The minimum atomic E-state index is 0.828. The molecule has 3 nitrogen and oxygen atoms in total. The second kappa shape index (κ2) is 7.77. The van der Waals surface area contributed by atoms with Crippen LogP contribution in [0.4, 0.5) is 5.69 Å².